The van der Waals surface area contributed by atoms with Gasteiger partial charge >= 0.3 is 0 Å². The van der Waals surface area contributed by atoms with Crippen molar-refractivity contribution in [3.05, 3.63) is 58.1 Å². The Morgan fingerprint density at radius 3 is 2.33 bits per heavy atom. The number of aromatic hydroxyl groups is 1. The number of rotatable bonds is 5. The fourth-order valence-corrected chi connectivity index (χ4v) is 1.75. The van der Waals surface area contributed by atoms with Crippen molar-refractivity contribution < 1.29 is 10.0 Å². The van der Waals surface area contributed by atoms with Crippen molar-refractivity contribution in [1.29, 1.82) is 0 Å². The van der Waals surface area contributed by atoms with Crippen LogP contribution in [0.25, 0.3) is 0 Å². The number of nitrogens with two attached hydrogens (primary N) is 1. The van der Waals surface area contributed by atoms with Gasteiger partial charge in [-0.2, -0.15) is 10.2 Å². The van der Waals surface area contributed by atoms with E-state index in [0.717, 1.165) is 0 Å². The lowest BCUT2D eigenvalue weighted by Gasteiger charge is -2.03. The summed E-state index contributed by atoms with van der Waals surface area (Å²) >= 11 is 0. The van der Waals surface area contributed by atoms with Crippen LogP contribution in [0.2, 0.25) is 0 Å². The Labute approximate surface area is 120 Å². The predicted octanol–water partition coefficient (Wildman–Crippen LogP) is 3.22. The molecule has 108 valence electrons. The smallest absolute Gasteiger partial charge is 0.269 e. The minimum Gasteiger partial charge on any atom is -0.508 e. The molecule has 0 fully saturated rings. The molecular formula is C14H14N4O3. The Hall–Kier alpha value is -2.80. The highest BCUT2D eigenvalue weighted by Crippen LogP contribution is 2.26. The first-order valence-electron chi connectivity index (χ1n) is 6.28. The molecule has 0 radical (unpaired) electrons. The van der Waals surface area contributed by atoms with Crippen LogP contribution in [0.4, 0.5) is 17.1 Å². The van der Waals surface area contributed by atoms with E-state index in [4.69, 9.17) is 5.73 Å². The molecule has 7 heteroatoms. The second kappa shape index (κ2) is 6.58. The zero-order chi connectivity index (χ0) is 15.2. The largest absolute Gasteiger partial charge is 0.508 e. The first-order chi connectivity index (χ1) is 10.1. The van der Waals surface area contributed by atoms with Gasteiger partial charge in [0.1, 0.15) is 5.75 Å². The highest BCUT2D eigenvalue weighted by molar-refractivity contribution is 5.48. The van der Waals surface area contributed by atoms with Gasteiger partial charge in [-0.3, -0.25) is 10.1 Å². The molecule has 0 heterocycles. The van der Waals surface area contributed by atoms with E-state index >= 15 is 0 Å². The molecule has 7 nitrogen and oxygen atoms in total. The summed E-state index contributed by atoms with van der Waals surface area (Å²) in [5.41, 5.74) is 7.26. The third kappa shape index (κ3) is 3.83. The highest BCUT2D eigenvalue weighted by atomic mass is 16.6. The predicted molar refractivity (Wildman–Crippen MR) is 78.1 cm³/mol. The summed E-state index contributed by atoms with van der Waals surface area (Å²) in [6, 6.07) is 10.6. The van der Waals surface area contributed by atoms with Crippen LogP contribution in [0, 0.1) is 10.1 Å². The molecule has 0 atom stereocenters. The molecule has 0 spiro atoms. The van der Waals surface area contributed by atoms with Crippen molar-refractivity contribution in [2.45, 2.75) is 6.42 Å². The molecule has 0 bridgehead atoms. The molecule has 0 aliphatic rings. The lowest BCUT2D eigenvalue weighted by Crippen LogP contribution is -2.02. The fourth-order valence-electron chi connectivity index (χ4n) is 1.75. The van der Waals surface area contributed by atoms with Gasteiger partial charge in [-0.1, -0.05) is 0 Å². The lowest BCUT2D eigenvalue weighted by atomic mass is 10.1. The van der Waals surface area contributed by atoms with Crippen molar-refractivity contribution in [2.75, 3.05) is 6.54 Å². The molecule has 0 amide bonds. The minimum absolute atomic E-state index is 0.00353. The van der Waals surface area contributed by atoms with E-state index in [-0.39, 0.29) is 11.4 Å². The van der Waals surface area contributed by atoms with Gasteiger partial charge in [0, 0.05) is 12.1 Å². The summed E-state index contributed by atoms with van der Waals surface area (Å²) in [7, 11) is 0. The minimum atomic E-state index is -0.472. The monoisotopic (exact) mass is 286 g/mol. The summed E-state index contributed by atoms with van der Waals surface area (Å²) in [6.45, 7) is 0.427. The molecule has 0 saturated carbocycles. The molecular weight excluding hydrogens is 272 g/mol. The van der Waals surface area contributed by atoms with Crippen LogP contribution in [0.3, 0.4) is 0 Å². The summed E-state index contributed by atoms with van der Waals surface area (Å²) in [6.07, 6.45) is 0.548. The van der Waals surface area contributed by atoms with Crippen molar-refractivity contribution in [2.24, 2.45) is 16.0 Å². The summed E-state index contributed by atoms with van der Waals surface area (Å²) in [4.78, 5) is 10.1. The van der Waals surface area contributed by atoms with Crippen molar-refractivity contribution in [3.63, 3.8) is 0 Å². The van der Waals surface area contributed by atoms with E-state index < -0.39 is 4.92 Å². The SMILES string of the molecule is NCCc1cc(N=Nc2ccc([N+](=O)[O-])cc2)ccc1O. The average Bonchev–Trinajstić information content (AvgIpc) is 2.48. The number of hydrogen-bond donors (Lipinski definition) is 2. The Morgan fingerprint density at radius 2 is 1.71 bits per heavy atom. The first-order valence-corrected chi connectivity index (χ1v) is 6.28. The Morgan fingerprint density at radius 1 is 1.10 bits per heavy atom. The van der Waals surface area contributed by atoms with Gasteiger partial charge in [0.2, 0.25) is 0 Å². The van der Waals surface area contributed by atoms with E-state index in [1.54, 1.807) is 12.1 Å². The van der Waals surface area contributed by atoms with Crippen LogP contribution in [0.15, 0.2) is 52.7 Å². The van der Waals surface area contributed by atoms with Gasteiger partial charge < -0.3 is 10.8 Å². The molecule has 0 unspecified atom stereocenters. The molecule has 3 N–H and O–H groups in total. The van der Waals surface area contributed by atoms with Gasteiger partial charge in [-0.25, -0.2) is 0 Å². The van der Waals surface area contributed by atoms with Crippen LogP contribution in [0.1, 0.15) is 5.56 Å². The van der Waals surface area contributed by atoms with Gasteiger partial charge in [0.25, 0.3) is 5.69 Å². The zero-order valence-corrected chi connectivity index (χ0v) is 11.1. The van der Waals surface area contributed by atoms with Crippen LogP contribution in [-0.2, 0) is 6.42 Å². The maximum absolute atomic E-state index is 10.5. The third-order valence-electron chi connectivity index (χ3n) is 2.82. The quantitative estimate of drug-likeness (QED) is 0.499. The number of phenolic OH excluding ortho intramolecular Hbond substituents is 1. The number of benzene rings is 2. The maximum Gasteiger partial charge on any atom is 0.269 e. The first kappa shape index (κ1) is 14.6. The van der Waals surface area contributed by atoms with Gasteiger partial charge in [0.05, 0.1) is 16.3 Å². The summed E-state index contributed by atoms with van der Waals surface area (Å²) in [5.74, 6) is 0.176. The fraction of sp³-hybridized carbons (Fsp3) is 0.143. The Balaban J connectivity index is 2.17. The average molecular weight is 286 g/mol. The number of non-ortho nitro benzene ring substituents is 1. The zero-order valence-electron chi connectivity index (χ0n) is 11.1. The molecule has 0 aromatic heterocycles. The Bertz CT molecular complexity index is 668. The molecule has 21 heavy (non-hydrogen) atoms. The van der Waals surface area contributed by atoms with E-state index in [9.17, 15) is 15.2 Å². The molecule has 0 saturated heterocycles. The van der Waals surface area contributed by atoms with Gasteiger partial charge in [-0.15, -0.1) is 0 Å². The van der Waals surface area contributed by atoms with Crippen LogP contribution in [0.5, 0.6) is 5.75 Å². The molecule has 0 aliphatic heterocycles. The van der Waals surface area contributed by atoms with Gasteiger partial charge in [0.15, 0.2) is 0 Å². The number of nitro groups is 1. The van der Waals surface area contributed by atoms with Crippen molar-refractivity contribution in [1.82, 2.24) is 0 Å². The summed E-state index contributed by atoms with van der Waals surface area (Å²) in [5, 5.41) is 28.2. The third-order valence-corrected chi connectivity index (χ3v) is 2.82. The van der Waals surface area contributed by atoms with Crippen LogP contribution in [-0.4, -0.2) is 16.6 Å². The lowest BCUT2D eigenvalue weighted by molar-refractivity contribution is -0.384. The van der Waals surface area contributed by atoms with Crippen molar-refractivity contribution >= 4 is 17.1 Å². The normalized spacial score (nSPS) is 10.9. The number of hydrogen-bond acceptors (Lipinski definition) is 6. The molecule has 2 aromatic rings. The Kier molecular flexibility index (Phi) is 4.57. The van der Waals surface area contributed by atoms with Crippen molar-refractivity contribution in [3.8, 4) is 5.75 Å². The van der Waals surface area contributed by atoms with Gasteiger partial charge in [-0.05, 0) is 48.9 Å². The maximum atomic E-state index is 10.5. The number of azo groups is 1. The van der Waals surface area contributed by atoms with Crippen LogP contribution >= 0.6 is 0 Å². The molecule has 0 aliphatic carbocycles. The molecule has 2 aromatic carbocycles. The second-order valence-electron chi connectivity index (χ2n) is 4.33. The van der Waals surface area contributed by atoms with E-state index in [1.807, 2.05) is 0 Å². The molecule has 2 rings (SSSR count). The summed E-state index contributed by atoms with van der Waals surface area (Å²) < 4.78 is 0. The van der Waals surface area contributed by atoms with Crippen LogP contribution < -0.4 is 5.73 Å². The van der Waals surface area contributed by atoms with E-state index in [2.05, 4.69) is 10.2 Å². The topological polar surface area (TPSA) is 114 Å². The standard InChI is InChI=1S/C14H14N4O3/c15-8-7-10-9-12(3-6-14(10)19)17-16-11-1-4-13(5-2-11)18(20)21/h1-6,9,19H,7-8,15H2. The number of phenols is 1. The van der Waals surface area contributed by atoms with E-state index in [0.29, 0.717) is 29.9 Å². The number of nitrogens with zero attached hydrogens (tertiary/aromatic N) is 3. The number of nitro benzene ring substituents is 1. The van der Waals surface area contributed by atoms with E-state index in [1.165, 1.54) is 30.3 Å². The highest BCUT2D eigenvalue weighted by Gasteiger charge is 2.04. The second-order valence-corrected chi connectivity index (χ2v) is 4.33.